The maximum absolute atomic E-state index is 4.43. The van der Waals surface area contributed by atoms with Gasteiger partial charge in [-0.15, -0.1) is 0 Å². The topological polar surface area (TPSA) is 46.0 Å². The average Bonchev–Trinajstić information content (AvgIpc) is 3.19. The van der Waals surface area contributed by atoms with E-state index in [2.05, 4.69) is 39.5 Å². The molecule has 0 aromatic carbocycles. The molecule has 1 fully saturated rings. The number of pyridine rings is 1. The Morgan fingerprint density at radius 3 is 3.00 bits per heavy atom. The minimum absolute atomic E-state index is 0.716. The van der Waals surface area contributed by atoms with E-state index >= 15 is 0 Å². The lowest BCUT2D eigenvalue weighted by atomic mass is 10.2. The monoisotopic (exact) mass is 271 g/mol. The van der Waals surface area contributed by atoms with Gasteiger partial charge in [0, 0.05) is 56.9 Å². The summed E-state index contributed by atoms with van der Waals surface area (Å²) in [5, 5.41) is 7.70. The third-order valence-corrected chi connectivity index (χ3v) is 3.57. The van der Waals surface area contributed by atoms with Crippen molar-refractivity contribution < 1.29 is 0 Å². The zero-order valence-corrected chi connectivity index (χ0v) is 12.1. The first-order valence-corrected chi connectivity index (χ1v) is 7.08. The van der Waals surface area contributed by atoms with Gasteiger partial charge in [0.25, 0.3) is 0 Å². The molecule has 0 saturated heterocycles. The Morgan fingerprint density at radius 2 is 2.30 bits per heavy atom. The Morgan fingerprint density at radius 1 is 1.45 bits per heavy atom. The van der Waals surface area contributed by atoms with Crippen LogP contribution in [0.1, 0.15) is 24.1 Å². The van der Waals surface area contributed by atoms with Crippen LogP contribution in [0, 0.1) is 0 Å². The van der Waals surface area contributed by atoms with Gasteiger partial charge in [-0.25, -0.2) is 0 Å². The molecule has 2 heterocycles. The zero-order chi connectivity index (χ0) is 13.9. The molecule has 0 radical (unpaired) electrons. The van der Waals surface area contributed by atoms with Gasteiger partial charge in [-0.2, -0.15) is 5.10 Å². The highest BCUT2D eigenvalue weighted by molar-refractivity contribution is 5.46. The molecule has 0 aliphatic heterocycles. The molecule has 5 nitrogen and oxygen atoms in total. The molecule has 0 bridgehead atoms. The fraction of sp³-hybridized carbons (Fsp3) is 0.467. The van der Waals surface area contributed by atoms with Crippen LogP contribution in [0.2, 0.25) is 0 Å². The van der Waals surface area contributed by atoms with Crippen LogP contribution in [0.25, 0.3) is 0 Å². The van der Waals surface area contributed by atoms with Crippen LogP contribution in [0.3, 0.4) is 0 Å². The lowest BCUT2D eigenvalue weighted by molar-refractivity contribution is 0.674. The maximum atomic E-state index is 4.43. The molecule has 1 saturated carbocycles. The van der Waals surface area contributed by atoms with Gasteiger partial charge in [0.05, 0.1) is 11.9 Å². The highest BCUT2D eigenvalue weighted by Crippen LogP contribution is 2.20. The summed E-state index contributed by atoms with van der Waals surface area (Å²) in [7, 11) is 4.04. The SMILES string of the molecule is CN(Cc1cnn(C)c1)c1ccnc(CNC2CC2)c1. The van der Waals surface area contributed by atoms with Crippen LogP contribution in [0.4, 0.5) is 5.69 Å². The van der Waals surface area contributed by atoms with E-state index in [9.17, 15) is 0 Å². The molecule has 2 aromatic heterocycles. The number of nitrogens with zero attached hydrogens (tertiary/aromatic N) is 4. The fourth-order valence-corrected chi connectivity index (χ4v) is 2.25. The van der Waals surface area contributed by atoms with Crippen molar-refractivity contribution >= 4 is 5.69 Å². The van der Waals surface area contributed by atoms with Crippen molar-refractivity contribution in [1.29, 1.82) is 0 Å². The van der Waals surface area contributed by atoms with Crippen molar-refractivity contribution in [2.75, 3.05) is 11.9 Å². The van der Waals surface area contributed by atoms with E-state index in [1.165, 1.54) is 24.1 Å². The molecule has 1 aliphatic rings. The van der Waals surface area contributed by atoms with E-state index in [0.29, 0.717) is 6.04 Å². The second kappa shape index (κ2) is 5.63. The summed E-state index contributed by atoms with van der Waals surface area (Å²) in [5.41, 5.74) is 3.51. The fourth-order valence-electron chi connectivity index (χ4n) is 2.25. The summed E-state index contributed by atoms with van der Waals surface area (Å²) in [5.74, 6) is 0. The number of nitrogens with one attached hydrogen (secondary N) is 1. The molecule has 1 aliphatic carbocycles. The molecule has 106 valence electrons. The first-order chi connectivity index (χ1) is 9.70. The molecule has 20 heavy (non-hydrogen) atoms. The van der Waals surface area contributed by atoms with Crippen LogP contribution >= 0.6 is 0 Å². The molecular formula is C15H21N5. The van der Waals surface area contributed by atoms with Crippen molar-refractivity contribution in [1.82, 2.24) is 20.1 Å². The molecule has 5 heteroatoms. The van der Waals surface area contributed by atoms with Gasteiger partial charge in [0.15, 0.2) is 0 Å². The molecule has 1 N–H and O–H groups in total. The Balaban J connectivity index is 1.63. The van der Waals surface area contributed by atoms with Crippen molar-refractivity contribution in [3.8, 4) is 0 Å². The summed E-state index contributed by atoms with van der Waals surface area (Å²) >= 11 is 0. The first-order valence-electron chi connectivity index (χ1n) is 7.08. The van der Waals surface area contributed by atoms with Gasteiger partial charge in [-0.1, -0.05) is 0 Å². The molecule has 0 unspecified atom stereocenters. The Hall–Kier alpha value is -1.88. The van der Waals surface area contributed by atoms with E-state index in [1.807, 2.05) is 30.3 Å². The van der Waals surface area contributed by atoms with Crippen molar-refractivity contribution in [2.45, 2.75) is 32.0 Å². The lowest BCUT2D eigenvalue weighted by Crippen LogP contribution is -2.19. The summed E-state index contributed by atoms with van der Waals surface area (Å²) < 4.78 is 1.83. The number of aromatic nitrogens is 3. The van der Waals surface area contributed by atoms with Crippen LogP contribution in [-0.4, -0.2) is 27.9 Å². The van der Waals surface area contributed by atoms with Crippen LogP contribution in [0.15, 0.2) is 30.7 Å². The molecule has 2 aromatic rings. The Kier molecular flexibility index (Phi) is 3.69. The van der Waals surface area contributed by atoms with E-state index in [4.69, 9.17) is 0 Å². The predicted octanol–water partition coefficient (Wildman–Crippen LogP) is 1.70. The third kappa shape index (κ3) is 3.36. The number of hydrogen-bond donors (Lipinski definition) is 1. The van der Waals surface area contributed by atoms with Gasteiger partial charge >= 0.3 is 0 Å². The van der Waals surface area contributed by atoms with Crippen LogP contribution in [-0.2, 0) is 20.1 Å². The van der Waals surface area contributed by atoms with Crippen LogP contribution < -0.4 is 10.2 Å². The van der Waals surface area contributed by atoms with Gasteiger partial charge in [-0.3, -0.25) is 9.67 Å². The van der Waals surface area contributed by atoms with E-state index in [-0.39, 0.29) is 0 Å². The van der Waals surface area contributed by atoms with Crippen LogP contribution in [0.5, 0.6) is 0 Å². The van der Waals surface area contributed by atoms with Gasteiger partial charge in [0.1, 0.15) is 0 Å². The highest BCUT2D eigenvalue weighted by Gasteiger charge is 2.20. The minimum Gasteiger partial charge on any atom is -0.370 e. The maximum Gasteiger partial charge on any atom is 0.0562 e. The van der Waals surface area contributed by atoms with Crippen molar-refractivity contribution in [3.63, 3.8) is 0 Å². The standard InChI is InChI=1S/C15H21N5/c1-19(10-12-8-18-20(2)11-12)15-5-6-16-14(7-15)9-17-13-3-4-13/h5-8,11,13,17H,3-4,9-10H2,1-2H3. The summed E-state index contributed by atoms with van der Waals surface area (Å²) in [6.45, 7) is 1.71. The smallest absolute Gasteiger partial charge is 0.0562 e. The lowest BCUT2D eigenvalue weighted by Gasteiger charge is -2.19. The molecular weight excluding hydrogens is 250 g/mol. The number of hydrogen-bond acceptors (Lipinski definition) is 4. The Labute approximate surface area is 119 Å². The first kappa shape index (κ1) is 13.1. The normalized spacial score (nSPS) is 14.5. The van der Waals surface area contributed by atoms with E-state index in [0.717, 1.165) is 18.8 Å². The minimum atomic E-state index is 0.716. The number of aryl methyl sites for hydroxylation is 1. The Bertz CT molecular complexity index is 573. The molecule has 0 atom stereocenters. The highest BCUT2D eigenvalue weighted by atomic mass is 15.2. The van der Waals surface area contributed by atoms with Gasteiger partial charge in [0.2, 0.25) is 0 Å². The number of rotatable bonds is 6. The molecule has 0 spiro atoms. The quantitative estimate of drug-likeness (QED) is 0.868. The summed E-state index contributed by atoms with van der Waals surface area (Å²) in [6, 6.07) is 4.93. The summed E-state index contributed by atoms with van der Waals surface area (Å²) in [4.78, 5) is 6.65. The predicted molar refractivity (Wildman–Crippen MR) is 79.4 cm³/mol. The van der Waals surface area contributed by atoms with E-state index < -0.39 is 0 Å². The van der Waals surface area contributed by atoms with Gasteiger partial charge < -0.3 is 10.2 Å². The zero-order valence-electron chi connectivity index (χ0n) is 12.1. The van der Waals surface area contributed by atoms with E-state index in [1.54, 1.807) is 0 Å². The summed E-state index contributed by atoms with van der Waals surface area (Å²) in [6.07, 6.45) is 8.46. The third-order valence-electron chi connectivity index (χ3n) is 3.57. The average molecular weight is 271 g/mol. The second-order valence-electron chi connectivity index (χ2n) is 5.54. The number of anilines is 1. The molecule has 3 rings (SSSR count). The van der Waals surface area contributed by atoms with Gasteiger partial charge in [-0.05, 0) is 25.0 Å². The van der Waals surface area contributed by atoms with Crippen molar-refractivity contribution in [2.24, 2.45) is 7.05 Å². The molecule has 0 amide bonds. The largest absolute Gasteiger partial charge is 0.370 e. The van der Waals surface area contributed by atoms with Crippen molar-refractivity contribution in [3.05, 3.63) is 42.0 Å². The second-order valence-corrected chi connectivity index (χ2v) is 5.54.